The quantitative estimate of drug-likeness (QED) is 0.774. The summed E-state index contributed by atoms with van der Waals surface area (Å²) in [6.45, 7) is 0. The highest BCUT2D eigenvalue weighted by molar-refractivity contribution is 5.97. The molecule has 2 rings (SSSR count). The Morgan fingerprint density at radius 3 is 2.94 bits per heavy atom. The molecule has 18 heavy (non-hydrogen) atoms. The number of benzene rings is 1. The van der Waals surface area contributed by atoms with Gasteiger partial charge >= 0.3 is 0 Å². The van der Waals surface area contributed by atoms with Gasteiger partial charge in [0.1, 0.15) is 5.82 Å². The van der Waals surface area contributed by atoms with Gasteiger partial charge < -0.3 is 0 Å². The molecule has 0 aliphatic carbocycles. The minimum Gasteiger partial charge on any atom is -0.294 e. The van der Waals surface area contributed by atoms with Crippen LogP contribution in [0.25, 0.3) is 0 Å². The van der Waals surface area contributed by atoms with E-state index in [1.165, 1.54) is 18.3 Å². The van der Waals surface area contributed by atoms with Crippen molar-refractivity contribution >= 4 is 5.78 Å². The zero-order valence-corrected chi connectivity index (χ0v) is 9.43. The Kier molecular flexibility index (Phi) is 3.44. The summed E-state index contributed by atoms with van der Waals surface area (Å²) in [5, 5.41) is 8.75. The number of Topliss-reactive ketones (excluding diaryl/α,β-unsaturated/α-hetero) is 1. The first-order valence-electron chi connectivity index (χ1n) is 5.32. The van der Waals surface area contributed by atoms with E-state index in [0.29, 0.717) is 16.7 Å². The minimum absolute atomic E-state index is 0.0385. The Morgan fingerprint density at radius 1 is 1.39 bits per heavy atom. The van der Waals surface area contributed by atoms with Gasteiger partial charge in [-0.25, -0.2) is 4.39 Å². The van der Waals surface area contributed by atoms with Crippen LogP contribution in [-0.2, 0) is 6.42 Å². The van der Waals surface area contributed by atoms with Crippen LogP contribution in [0.1, 0.15) is 21.5 Å². The Morgan fingerprint density at radius 2 is 2.22 bits per heavy atom. The van der Waals surface area contributed by atoms with Gasteiger partial charge in [0, 0.05) is 18.2 Å². The molecule has 88 valence electrons. The average molecular weight is 240 g/mol. The van der Waals surface area contributed by atoms with Gasteiger partial charge in [0.15, 0.2) is 5.78 Å². The third kappa shape index (κ3) is 2.58. The Labute approximate surface area is 104 Å². The highest BCUT2D eigenvalue weighted by atomic mass is 19.1. The molecular weight excluding hydrogens is 231 g/mol. The van der Waals surface area contributed by atoms with E-state index in [0.717, 1.165) is 6.20 Å². The number of aromatic nitrogens is 1. The number of rotatable bonds is 3. The molecule has 0 N–H and O–H groups in total. The summed E-state index contributed by atoms with van der Waals surface area (Å²) in [6, 6.07) is 9.80. The van der Waals surface area contributed by atoms with E-state index in [1.807, 2.05) is 6.07 Å². The summed E-state index contributed by atoms with van der Waals surface area (Å²) < 4.78 is 13.3. The number of nitrogens with zero attached hydrogens (tertiary/aromatic N) is 2. The van der Waals surface area contributed by atoms with Gasteiger partial charge in [-0.2, -0.15) is 5.26 Å². The van der Waals surface area contributed by atoms with Crippen LogP contribution in [-0.4, -0.2) is 10.8 Å². The first kappa shape index (κ1) is 11.9. The van der Waals surface area contributed by atoms with Crippen LogP contribution in [0.15, 0.2) is 42.7 Å². The Bertz CT molecular complexity index is 632. The van der Waals surface area contributed by atoms with Gasteiger partial charge in [-0.1, -0.05) is 12.1 Å². The largest absolute Gasteiger partial charge is 0.294 e. The second kappa shape index (κ2) is 5.19. The number of carbonyl (C=O) groups is 1. The van der Waals surface area contributed by atoms with Crippen molar-refractivity contribution in [3.05, 3.63) is 65.2 Å². The van der Waals surface area contributed by atoms with Crippen molar-refractivity contribution in [3.8, 4) is 6.07 Å². The van der Waals surface area contributed by atoms with Crippen LogP contribution >= 0.6 is 0 Å². The molecule has 0 radical (unpaired) electrons. The summed E-state index contributed by atoms with van der Waals surface area (Å²) in [7, 11) is 0. The SMILES string of the molecule is N#Cc1cccc(C(=O)Cc2ccncc2F)c1. The summed E-state index contributed by atoms with van der Waals surface area (Å²) in [5.41, 5.74) is 1.12. The maximum atomic E-state index is 13.3. The van der Waals surface area contributed by atoms with Gasteiger partial charge in [0.05, 0.1) is 17.8 Å². The topological polar surface area (TPSA) is 53.8 Å². The highest BCUT2D eigenvalue weighted by Crippen LogP contribution is 2.11. The molecule has 1 aromatic heterocycles. The molecule has 0 saturated heterocycles. The molecule has 0 atom stereocenters. The average Bonchev–Trinajstić information content (AvgIpc) is 2.41. The number of hydrogen-bond donors (Lipinski definition) is 0. The van der Waals surface area contributed by atoms with Crippen LogP contribution in [0.2, 0.25) is 0 Å². The minimum atomic E-state index is -0.498. The molecule has 1 aromatic carbocycles. The van der Waals surface area contributed by atoms with E-state index >= 15 is 0 Å². The van der Waals surface area contributed by atoms with Crippen molar-refractivity contribution in [2.75, 3.05) is 0 Å². The smallest absolute Gasteiger partial charge is 0.167 e. The van der Waals surface area contributed by atoms with Crippen molar-refractivity contribution in [2.45, 2.75) is 6.42 Å². The molecule has 4 heteroatoms. The van der Waals surface area contributed by atoms with Crippen molar-refractivity contribution in [2.24, 2.45) is 0 Å². The molecule has 0 spiro atoms. The molecule has 3 nitrogen and oxygen atoms in total. The zero-order valence-electron chi connectivity index (χ0n) is 9.43. The highest BCUT2D eigenvalue weighted by Gasteiger charge is 2.10. The number of halogens is 1. The van der Waals surface area contributed by atoms with Gasteiger partial charge in [-0.3, -0.25) is 9.78 Å². The maximum Gasteiger partial charge on any atom is 0.167 e. The molecule has 0 unspecified atom stereocenters. The normalized spacial score (nSPS) is 9.78. The molecule has 1 heterocycles. The van der Waals surface area contributed by atoms with Gasteiger partial charge in [-0.15, -0.1) is 0 Å². The lowest BCUT2D eigenvalue weighted by Crippen LogP contribution is -2.05. The zero-order chi connectivity index (χ0) is 13.0. The lowest BCUT2D eigenvalue weighted by atomic mass is 10.0. The van der Waals surface area contributed by atoms with Crippen LogP contribution in [0, 0.1) is 17.1 Å². The van der Waals surface area contributed by atoms with E-state index in [1.54, 1.807) is 18.2 Å². The van der Waals surface area contributed by atoms with Gasteiger partial charge in [0.25, 0.3) is 0 Å². The maximum absolute atomic E-state index is 13.3. The lowest BCUT2D eigenvalue weighted by molar-refractivity contribution is 0.0992. The predicted molar refractivity (Wildman–Crippen MR) is 63.4 cm³/mol. The predicted octanol–water partition coefficient (Wildman–Crippen LogP) is 2.52. The first-order valence-corrected chi connectivity index (χ1v) is 5.32. The third-order valence-corrected chi connectivity index (χ3v) is 2.52. The fraction of sp³-hybridized carbons (Fsp3) is 0.0714. The summed E-state index contributed by atoms with van der Waals surface area (Å²) in [5.74, 6) is -0.723. The first-order chi connectivity index (χ1) is 8.70. The molecular formula is C14H9FN2O. The summed E-state index contributed by atoms with van der Waals surface area (Å²) >= 11 is 0. The Balaban J connectivity index is 2.23. The number of pyridine rings is 1. The summed E-state index contributed by atoms with van der Waals surface area (Å²) in [6.07, 6.45) is 2.48. The fourth-order valence-corrected chi connectivity index (χ4v) is 1.58. The van der Waals surface area contributed by atoms with Gasteiger partial charge in [-0.05, 0) is 23.8 Å². The Hall–Kier alpha value is -2.54. The standard InChI is InChI=1S/C14H9FN2O/c15-13-9-17-5-4-11(13)7-14(18)12-3-1-2-10(6-12)8-16/h1-6,9H,7H2. The third-order valence-electron chi connectivity index (χ3n) is 2.52. The van der Waals surface area contributed by atoms with E-state index in [-0.39, 0.29) is 12.2 Å². The van der Waals surface area contributed by atoms with E-state index in [4.69, 9.17) is 5.26 Å². The van der Waals surface area contributed by atoms with Crippen LogP contribution in [0.5, 0.6) is 0 Å². The lowest BCUT2D eigenvalue weighted by Gasteiger charge is -2.02. The van der Waals surface area contributed by atoms with E-state index in [9.17, 15) is 9.18 Å². The van der Waals surface area contributed by atoms with E-state index in [2.05, 4.69) is 4.98 Å². The molecule has 0 bridgehead atoms. The van der Waals surface area contributed by atoms with Crippen molar-refractivity contribution < 1.29 is 9.18 Å². The molecule has 2 aromatic rings. The monoisotopic (exact) mass is 240 g/mol. The second-order valence-corrected chi connectivity index (χ2v) is 3.76. The number of carbonyl (C=O) groups excluding carboxylic acids is 1. The number of hydrogen-bond acceptors (Lipinski definition) is 3. The molecule has 0 amide bonds. The van der Waals surface area contributed by atoms with Crippen LogP contribution < -0.4 is 0 Å². The molecule has 0 aliphatic heterocycles. The van der Waals surface area contributed by atoms with Crippen molar-refractivity contribution in [1.82, 2.24) is 4.98 Å². The second-order valence-electron chi connectivity index (χ2n) is 3.76. The molecule has 0 fully saturated rings. The summed E-state index contributed by atoms with van der Waals surface area (Å²) in [4.78, 5) is 15.6. The van der Waals surface area contributed by atoms with Crippen molar-refractivity contribution in [3.63, 3.8) is 0 Å². The number of nitriles is 1. The molecule has 0 saturated carbocycles. The number of ketones is 1. The van der Waals surface area contributed by atoms with Gasteiger partial charge in [0.2, 0.25) is 0 Å². The van der Waals surface area contributed by atoms with E-state index < -0.39 is 5.82 Å². The fourth-order valence-electron chi connectivity index (χ4n) is 1.58. The van der Waals surface area contributed by atoms with Crippen LogP contribution in [0.4, 0.5) is 4.39 Å². The van der Waals surface area contributed by atoms with Crippen LogP contribution in [0.3, 0.4) is 0 Å². The van der Waals surface area contributed by atoms with Crippen molar-refractivity contribution in [1.29, 1.82) is 5.26 Å². The molecule has 0 aliphatic rings.